The summed E-state index contributed by atoms with van der Waals surface area (Å²) in [5.74, 6) is -1.07. The Labute approximate surface area is 177 Å². The van der Waals surface area contributed by atoms with Gasteiger partial charge in [0.1, 0.15) is 11.6 Å². The van der Waals surface area contributed by atoms with Crippen molar-refractivity contribution in [3.63, 3.8) is 0 Å². The molecular weight excluding hydrogens is 400 g/mol. The van der Waals surface area contributed by atoms with Gasteiger partial charge in [-0.25, -0.2) is 0 Å². The smallest absolute Gasteiger partial charge is 0.277 e. The van der Waals surface area contributed by atoms with Gasteiger partial charge in [0.2, 0.25) is 5.78 Å². The second-order valence-corrected chi connectivity index (χ2v) is 7.12. The lowest BCUT2D eigenvalue weighted by Crippen LogP contribution is -2.46. The number of anilines is 1. The number of carbonyl (C=O) groups is 2. The predicted octanol–water partition coefficient (Wildman–Crippen LogP) is 3.38. The van der Waals surface area contributed by atoms with Crippen LogP contribution in [-0.4, -0.2) is 31.6 Å². The standard InChI is InChI=1S/C23H18N2O6/c1-28-17-10-5-7-13(21(17)29-2)19-18(20(26)16-11-6-12-30-16)23(31-25-19)14-8-3-4-9-15(14)24-22(23)27/h3-12,18H,1-2H3,(H,24,27)/t18-,23-/m0/s1. The van der Waals surface area contributed by atoms with E-state index in [2.05, 4.69) is 10.5 Å². The zero-order valence-corrected chi connectivity index (χ0v) is 16.7. The number of carbonyl (C=O) groups excluding carboxylic acids is 2. The Morgan fingerprint density at radius 3 is 2.65 bits per heavy atom. The number of nitrogens with zero attached hydrogens (tertiary/aromatic N) is 1. The first kappa shape index (κ1) is 18.9. The van der Waals surface area contributed by atoms with Crippen LogP contribution in [0.2, 0.25) is 0 Å². The number of rotatable bonds is 5. The van der Waals surface area contributed by atoms with Gasteiger partial charge in [-0.05, 0) is 30.3 Å². The molecule has 1 spiro atoms. The van der Waals surface area contributed by atoms with Crippen LogP contribution in [0.5, 0.6) is 11.5 Å². The van der Waals surface area contributed by atoms with Gasteiger partial charge in [0.15, 0.2) is 17.3 Å². The molecule has 2 aromatic carbocycles. The third kappa shape index (κ3) is 2.58. The number of hydrogen-bond donors (Lipinski definition) is 1. The minimum atomic E-state index is -1.66. The molecule has 0 bridgehead atoms. The minimum absolute atomic E-state index is 0.0987. The molecule has 0 saturated heterocycles. The Bertz CT molecular complexity index is 1220. The molecule has 3 heterocycles. The largest absolute Gasteiger partial charge is 0.493 e. The van der Waals surface area contributed by atoms with Crippen LogP contribution in [0, 0.1) is 5.92 Å². The topological polar surface area (TPSA) is 99.4 Å². The molecule has 0 fully saturated rings. The van der Waals surface area contributed by atoms with Crippen molar-refractivity contribution in [3.8, 4) is 11.5 Å². The Morgan fingerprint density at radius 2 is 1.90 bits per heavy atom. The lowest BCUT2D eigenvalue weighted by Gasteiger charge is -2.26. The van der Waals surface area contributed by atoms with E-state index in [9.17, 15) is 9.59 Å². The second-order valence-electron chi connectivity index (χ2n) is 7.12. The highest BCUT2D eigenvalue weighted by molar-refractivity contribution is 6.25. The van der Waals surface area contributed by atoms with Gasteiger partial charge in [-0.15, -0.1) is 0 Å². The van der Waals surface area contributed by atoms with E-state index in [0.29, 0.717) is 28.3 Å². The summed E-state index contributed by atoms with van der Waals surface area (Å²) in [5.41, 5.74) is 0.179. The van der Waals surface area contributed by atoms with E-state index in [1.807, 2.05) is 0 Å². The van der Waals surface area contributed by atoms with Crippen molar-refractivity contribution < 1.29 is 28.3 Å². The maximum Gasteiger partial charge on any atom is 0.277 e. The quantitative estimate of drug-likeness (QED) is 0.638. The number of amides is 1. The van der Waals surface area contributed by atoms with Crippen molar-refractivity contribution in [3.05, 3.63) is 77.7 Å². The van der Waals surface area contributed by atoms with E-state index < -0.39 is 23.2 Å². The van der Waals surface area contributed by atoms with Gasteiger partial charge in [0.05, 0.1) is 20.5 Å². The van der Waals surface area contributed by atoms with Crippen molar-refractivity contribution >= 4 is 23.1 Å². The summed E-state index contributed by atoms with van der Waals surface area (Å²) >= 11 is 0. The number of oxime groups is 1. The maximum atomic E-state index is 13.7. The van der Waals surface area contributed by atoms with Crippen molar-refractivity contribution in [2.45, 2.75) is 5.60 Å². The lowest BCUT2D eigenvalue weighted by atomic mass is 9.75. The van der Waals surface area contributed by atoms with E-state index in [1.54, 1.807) is 54.6 Å². The number of fused-ring (bicyclic) bond motifs is 2. The van der Waals surface area contributed by atoms with E-state index in [0.717, 1.165) is 0 Å². The Morgan fingerprint density at radius 1 is 1.06 bits per heavy atom. The number of furan rings is 1. The Hall–Kier alpha value is -4.07. The molecule has 3 aromatic rings. The number of methoxy groups -OCH3 is 2. The van der Waals surface area contributed by atoms with Crippen LogP contribution in [0.15, 0.2) is 70.4 Å². The highest BCUT2D eigenvalue weighted by Gasteiger charge is 2.64. The molecule has 8 heteroatoms. The summed E-state index contributed by atoms with van der Waals surface area (Å²) in [5, 5.41) is 7.05. The van der Waals surface area contributed by atoms with Gasteiger partial charge in [0, 0.05) is 16.8 Å². The van der Waals surface area contributed by atoms with E-state index >= 15 is 0 Å². The molecule has 1 amide bonds. The summed E-state index contributed by atoms with van der Waals surface area (Å²) in [7, 11) is 3.01. The van der Waals surface area contributed by atoms with Gasteiger partial charge in [0.25, 0.3) is 11.5 Å². The van der Waals surface area contributed by atoms with Crippen LogP contribution >= 0.6 is 0 Å². The van der Waals surface area contributed by atoms with Crippen LogP contribution in [0.25, 0.3) is 0 Å². The summed E-state index contributed by atoms with van der Waals surface area (Å²) in [4.78, 5) is 32.7. The van der Waals surface area contributed by atoms with Crippen LogP contribution in [0.1, 0.15) is 21.7 Å². The fourth-order valence-electron chi connectivity index (χ4n) is 4.21. The molecule has 8 nitrogen and oxygen atoms in total. The maximum absolute atomic E-state index is 13.7. The van der Waals surface area contributed by atoms with Gasteiger partial charge < -0.3 is 24.0 Å². The number of hydrogen-bond acceptors (Lipinski definition) is 7. The normalized spacial score (nSPS) is 21.3. The van der Waals surface area contributed by atoms with E-state index in [4.69, 9.17) is 18.7 Å². The number of ketones is 1. The predicted molar refractivity (Wildman–Crippen MR) is 110 cm³/mol. The van der Waals surface area contributed by atoms with Crippen molar-refractivity contribution in [2.24, 2.45) is 11.1 Å². The molecule has 2 aliphatic heterocycles. The fourth-order valence-corrected chi connectivity index (χ4v) is 4.21. The van der Waals surface area contributed by atoms with Gasteiger partial charge in [-0.3, -0.25) is 9.59 Å². The molecule has 5 rings (SSSR count). The average Bonchev–Trinajstić information content (AvgIpc) is 3.52. The Kier molecular flexibility index (Phi) is 4.28. The zero-order chi connectivity index (χ0) is 21.6. The number of Topliss-reactive ketones (excluding diaryl/α,β-unsaturated/α-hetero) is 1. The van der Waals surface area contributed by atoms with Gasteiger partial charge in [-0.2, -0.15) is 0 Å². The summed E-state index contributed by atoms with van der Waals surface area (Å²) in [6.07, 6.45) is 1.40. The molecule has 2 atom stereocenters. The second kappa shape index (κ2) is 7.02. The molecule has 0 unspecified atom stereocenters. The first-order chi connectivity index (χ1) is 15.1. The summed E-state index contributed by atoms with van der Waals surface area (Å²) < 4.78 is 16.3. The van der Waals surface area contributed by atoms with E-state index in [1.165, 1.54) is 20.5 Å². The molecule has 0 aliphatic carbocycles. The number of nitrogens with one attached hydrogen (secondary N) is 1. The van der Waals surface area contributed by atoms with Gasteiger partial charge >= 0.3 is 0 Å². The molecule has 2 aliphatic rings. The monoisotopic (exact) mass is 418 g/mol. The lowest BCUT2D eigenvalue weighted by molar-refractivity contribution is -0.140. The number of para-hydroxylation sites is 2. The van der Waals surface area contributed by atoms with E-state index in [-0.39, 0.29) is 11.5 Å². The number of ether oxygens (including phenoxy) is 2. The van der Waals surface area contributed by atoms with Crippen LogP contribution < -0.4 is 14.8 Å². The molecule has 31 heavy (non-hydrogen) atoms. The highest BCUT2D eigenvalue weighted by Crippen LogP contribution is 2.50. The summed E-state index contributed by atoms with van der Waals surface area (Å²) in [6.45, 7) is 0. The summed E-state index contributed by atoms with van der Waals surface area (Å²) in [6, 6.07) is 15.5. The molecule has 1 N–H and O–H groups in total. The molecule has 0 radical (unpaired) electrons. The van der Waals surface area contributed by atoms with Crippen molar-refractivity contribution in [1.82, 2.24) is 0 Å². The zero-order valence-electron chi connectivity index (χ0n) is 16.7. The van der Waals surface area contributed by atoms with Crippen LogP contribution in [-0.2, 0) is 15.2 Å². The SMILES string of the molecule is COc1cccc(C2=NO[C@]3(C(=O)Nc4ccccc43)[C@@H]2C(=O)c2ccco2)c1OC. The first-order valence-corrected chi connectivity index (χ1v) is 9.58. The third-order valence-corrected chi connectivity index (χ3v) is 5.59. The first-order valence-electron chi connectivity index (χ1n) is 9.58. The Balaban J connectivity index is 1.73. The third-order valence-electron chi connectivity index (χ3n) is 5.59. The molecule has 1 aromatic heterocycles. The van der Waals surface area contributed by atoms with Gasteiger partial charge in [-0.1, -0.05) is 29.4 Å². The number of benzene rings is 2. The minimum Gasteiger partial charge on any atom is -0.493 e. The fraction of sp³-hybridized carbons (Fsp3) is 0.174. The van der Waals surface area contributed by atoms with Crippen molar-refractivity contribution in [2.75, 3.05) is 19.5 Å². The van der Waals surface area contributed by atoms with Crippen LogP contribution in [0.4, 0.5) is 5.69 Å². The van der Waals surface area contributed by atoms with Crippen LogP contribution in [0.3, 0.4) is 0 Å². The van der Waals surface area contributed by atoms with Crippen molar-refractivity contribution in [1.29, 1.82) is 0 Å². The molecule has 156 valence electrons. The average molecular weight is 418 g/mol. The molecular formula is C23H18N2O6. The highest BCUT2D eigenvalue weighted by atomic mass is 16.7. The molecule has 0 saturated carbocycles.